The van der Waals surface area contributed by atoms with Crippen molar-refractivity contribution in [3.63, 3.8) is 0 Å². The van der Waals surface area contributed by atoms with Gasteiger partial charge in [-0.15, -0.1) is 0 Å². The van der Waals surface area contributed by atoms with Crippen LogP contribution < -0.4 is 5.32 Å². The Morgan fingerprint density at radius 2 is 1.90 bits per heavy atom. The van der Waals surface area contributed by atoms with Gasteiger partial charge in [-0.3, -0.25) is 14.9 Å². The molecule has 0 heterocycles. The van der Waals surface area contributed by atoms with Crippen LogP contribution in [0.15, 0.2) is 42.5 Å². The largest absolute Gasteiger partial charge is 0.322 e. The summed E-state index contributed by atoms with van der Waals surface area (Å²) in [5, 5.41) is 22.1. The third-order valence-corrected chi connectivity index (χ3v) is 2.93. The summed E-state index contributed by atoms with van der Waals surface area (Å²) < 4.78 is 0. The molecule has 0 radical (unpaired) electrons. The molecular formula is C15H11N3O3. The number of nitriles is 1. The predicted molar refractivity (Wildman–Crippen MR) is 76.9 cm³/mol. The Morgan fingerprint density at radius 3 is 2.43 bits per heavy atom. The molecule has 0 fully saturated rings. The molecule has 0 atom stereocenters. The average Bonchev–Trinajstić information content (AvgIpc) is 2.47. The van der Waals surface area contributed by atoms with Crippen molar-refractivity contribution >= 4 is 17.3 Å². The van der Waals surface area contributed by atoms with Crippen molar-refractivity contribution in [3.8, 4) is 6.07 Å². The molecule has 1 amide bonds. The second kappa shape index (κ2) is 5.84. The van der Waals surface area contributed by atoms with Gasteiger partial charge in [-0.05, 0) is 43.3 Å². The molecular weight excluding hydrogens is 270 g/mol. The Hall–Kier alpha value is -3.20. The van der Waals surface area contributed by atoms with Gasteiger partial charge < -0.3 is 5.32 Å². The topological polar surface area (TPSA) is 96.0 Å². The first-order valence-electron chi connectivity index (χ1n) is 6.08. The molecule has 0 spiro atoms. The molecule has 0 aliphatic carbocycles. The van der Waals surface area contributed by atoms with Crippen LogP contribution in [0.25, 0.3) is 0 Å². The Kier molecular flexibility index (Phi) is 3.95. The third kappa shape index (κ3) is 3.22. The Balaban J connectivity index is 2.17. The van der Waals surface area contributed by atoms with Gasteiger partial charge in [0, 0.05) is 22.9 Å². The maximum absolute atomic E-state index is 12.0. The Bertz CT molecular complexity index is 746. The van der Waals surface area contributed by atoms with Crippen molar-refractivity contribution in [2.45, 2.75) is 6.92 Å². The number of rotatable bonds is 3. The van der Waals surface area contributed by atoms with Gasteiger partial charge in [-0.1, -0.05) is 0 Å². The molecule has 0 saturated heterocycles. The summed E-state index contributed by atoms with van der Waals surface area (Å²) in [7, 11) is 0. The molecule has 21 heavy (non-hydrogen) atoms. The van der Waals surface area contributed by atoms with E-state index in [-0.39, 0.29) is 11.6 Å². The zero-order valence-corrected chi connectivity index (χ0v) is 11.2. The molecule has 0 aromatic heterocycles. The third-order valence-electron chi connectivity index (χ3n) is 2.93. The van der Waals surface area contributed by atoms with Gasteiger partial charge in [0.1, 0.15) is 0 Å². The number of hydrogen-bond donors (Lipinski definition) is 1. The van der Waals surface area contributed by atoms with Crippen LogP contribution in [-0.2, 0) is 0 Å². The summed E-state index contributed by atoms with van der Waals surface area (Å²) in [6, 6.07) is 12.5. The highest BCUT2D eigenvalue weighted by Gasteiger charge is 2.12. The Labute approximate surface area is 120 Å². The van der Waals surface area contributed by atoms with Crippen molar-refractivity contribution in [1.82, 2.24) is 0 Å². The van der Waals surface area contributed by atoms with Gasteiger partial charge in [0.05, 0.1) is 16.6 Å². The van der Waals surface area contributed by atoms with Gasteiger partial charge in [-0.25, -0.2) is 0 Å². The molecule has 0 unspecified atom stereocenters. The molecule has 2 aromatic rings. The monoisotopic (exact) mass is 281 g/mol. The van der Waals surface area contributed by atoms with Crippen LogP contribution in [0.2, 0.25) is 0 Å². The second-order valence-corrected chi connectivity index (χ2v) is 4.40. The zero-order valence-electron chi connectivity index (χ0n) is 11.2. The quantitative estimate of drug-likeness (QED) is 0.690. The molecule has 0 aliphatic heterocycles. The van der Waals surface area contributed by atoms with Crippen molar-refractivity contribution < 1.29 is 9.72 Å². The maximum Gasteiger partial charge on any atom is 0.272 e. The number of carbonyl (C=O) groups is 1. The minimum atomic E-state index is -0.471. The SMILES string of the molecule is Cc1cc(NC(=O)c2ccc(C#N)cc2)ccc1[N+](=O)[O-]. The summed E-state index contributed by atoms with van der Waals surface area (Å²) in [5.41, 5.74) is 1.83. The lowest BCUT2D eigenvalue weighted by Gasteiger charge is -2.06. The smallest absolute Gasteiger partial charge is 0.272 e. The lowest BCUT2D eigenvalue weighted by atomic mass is 10.1. The summed E-state index contributed by atoms with van der Waals surface area (Å²) in [6.45, 7) is 1.61. The van der Waals surface area contributed by atoms with Crippen molar-refractivity contribution in [1.29, 1.82) is 5.26 Å². The van der Waals surface area contributed by atoms with E-state index in [9.17, 15) is 14.9 Å². The summed E-state index contributed by atoms with van der Waals surface area (Å²) >= 11 is 0. The lowest BCUT2D eigenvalue weighted by molar-refractivity contribution is -0.385. The highest BCUT2D eigenvalue weighted by atomic mass is 16.6. The van der Waals surface area contributed by atoms with Crippen LogP contribution in [0.4, 0.5) is 11.4 Å². The van der Waals surface area contributed by atoms with Gasteiger partial charge in [0.25, 0.3) is 11.6 Å². The number of nitrogens with one attached hydrogen (secondary N) is 1. The molecule has 6 heteroatoms. The van der Waals surface area contributed by atoms with E-state index in [1.54, 1.807) is 37.3 Å². The number of benzene rings is 2. The number of nitro benzene ring substituents is 1. The van der Waals surface area contributed by atoms with Gasteiger partial charge >= 0.3 is 0 Å². The molecule has 6 nitrogen and oxygen atoms in total. The molecule has 104 valence electrons. The van der Waals surface area contributed by atoms with E-state index < -0.39 is 4.92 Å². The van der Waals surface area contributed by atoms with Gasteiger partial charge in [-0.2, -0.15) is 5.26 Å². The first-order chi connectivity index (χ1) is 10.0. The Morgan fingerprint density at radius 1 is 1.24 bits per heavy atom. The van der Waals surface area contributed by atoms with E-state index in [0.717, 1.165) is 0 Å². The van der Waals surface area contributed by atoms with Crippen LogP contribution in [0.3, 0.4) is 0 Å². The fourth-order valence-electron chi connectivity index (χ4n) is 1.84. The zero-order chi connectivity index (χ0) is 15.4. The number of aryl methyl sites for hydroxylation is 1. The van der Waals surface area contributed by atoms with Crippen molar-refractivity contribution in [2.75, 3.05) is 5.32 Å². The summed E-state index contributed by atoms with van der Waals surface area (Å²) in [5.74, 6) is -0.340. The number of anilines is 1. The lowest BCUT2D eigenvalue weighted by Crippen LogP contribution is -2.12. The van der Waals surface area contributed by atoms with Crippen LogP contribution >= 0.6 is 0 Å². The fourth-order valence-corrected chi connectivity index (χ4v) is 1.84. The fraction of sp³-hybridized carbons (Fsp3) is 0.0667. The maximum atomic E-state index is 12.0. The predicted octanol–water partition coefficient (Wildman–Crippen LogP) is 3.03. The van der Waals surface area contributed by atoms with Gasteiger partial charge in [0.15, 0.2) is 0 Å². The van der Waals surface area contributed by atoms with E-state index in [2.05, 4.69) is 5.32 Å². The van der Waals surface area contributed by atoms with Crippen LogP contribution in [0, 0.1) is 28.4 Å². The normalized spacial score (nSPS) is 9.71. The number of carbonyl (C=O) groups excluding carboxylic acids is 1. The first kappa shape index (κ1) is 14.2. The second-order valence-electron chi connectivity index (χ2n) is 4.40. The standard InChI is InChI=1S/C15H11N3O3/c1-10-8-13(6-7-14(10)18(20)21)17-15(19)12-4-2-11(9-16)3-5-12/h2-8H,1H3,(H,17,19). The van der Waals surface area contributed by atoms with Gasteiger partial charge in [0.2, 0.25) is 0 Å². The highest BCUT2D eigenvalue weighted by Crippen LogP contribution is 2.22. The summed E-state index contributed by atoms with van der Waals surface area (Å²) in [6.07, 6.45) is 0. The minimum Gasteiger partial charge on any atom is -0.322 e. The number of nitro groups is 1. The van der Waals surface area contributed by atoms with Crippen LogP contribution in [-0.4, -0.2) is 10.8 Å². The molecule has 0 aliphatic rings. The van der Waals surface area contributed by atoms with E-state index in [1.807, 2.05) is 6.07 Å². The van der Waals surface area contributed by atoms with Crippen molar-refractivity contribution in [2.24, 2.45) is 0 Å². The van der Waals surface area contributed by atoms with E-state index in [0.29, 0.717) is 22.4 Å². The minimum absolute atomic E-state index is 0.00590. The first-order valence-corrected chi connectivity index (χ1v) is 6.08. The number of nitrogens with zero attached hydrogens (tertiary/aromatic N) is 2. The highest BCUT2D eigenvalue weighted by molar-refractivity contribution is 6.04. The molecule has 2 rings (SSSR count). The molecule has 1 N–H and O–H groups in total. The number of amides is 1. The van der Waals surface area contributed by atoms with E-state index in [4.69, 9.17) is 5.26 Å². The number of hydrogen-bond acceptors (Lipinski definition) is 4. The van der Waals surface area contributed by atoms with E-state index in [1.165, 1.54) is 12.1 Å². The molecule has 0 saturated carbocycles. The van der Waals surface area contributed by atoms with Crippen LogP contribution in [0.1, 0.15) is 21.5 Å². The molecule has 2 aromatic carbocycles. The summed E-state index contributed by atoms with van der Waals surface area (Å²) in [4.78, 5) is 22.3. The van der Waals surface area contributed by atoms with Crippen molar-refractivity contribution in [3.05, 3.63) is 69.3 Å². The van der Waals surface area contributed by atoms with E-state index >= 15 is 0 Å². The average molecular weight is 281 g/mol. The molecule has 0 bridgehead atoms. The van der Waals surface area contributed by atoms with Crippen LogP contribution in [0.5, 0.6) is 0 Å².